The summed E-state index contributed by atoms with van der Waals surface area (Å²) in [4.78, 5) is 6.78. The number of fused-ring (bicyclic) bond motifs is 1. The molecule has 2 rings (SSSR count). The Balaban J connectivity index is 2.10. The number of pyridine rings is 1. The maximum absolute atomic E-state index is 4.24. The smallest absolute Gasteiger partial charge is 0.0376 e. The van der Waals surface area contributed by atoms with E-state index in [1.807, 2.05) is 23.7 Å². The fourth-order valence-corrected chi connectivity index (χ4v) is 3.44. The molecule has 0 atom stereocenters. The van der Waals surface area contributed by atoms with Gasteiger partial charge in [0.15, 0.2) is 0 Å². The first kappa shape index (κ1) is 13.5. The number of aromatic nitrogens is 1. The van der Waals surface area contributed by atoms with Gasteiger partial charge in [-0.05, 0) is 51.1 Å². The fourth-order valence-electron chi connectivity index (χ4n) is 2.48. The molecule has 0 saturated heterocycles. The van der Waals surface area contributed by atoms with Crippen LogP contribution < -0.4 is 0 Å². The van der Waals surface area contributed by atoms with Gasteiger partial charge in [-0.2, -0.15) is 0 Å². The second-order valence-corrected chi connectivity index (χ2v) is 6.22. The van der Waals surface area contributed by atoms with Crippen LogP contribution in [0.4, 0.5) is 0 Å². The monoisotopic (exact) mass is 262 g/mol. The SMILES string of the molecule is CC(C)N(CCc1csc2ccncc12)C(C)C. The molecule has 2 heterocycles. The Hall–Kier alpha value is -0.930. The summed E-state index contributed by atoms with van der Waals surface area (Å²) in [6.07, 6.45) is 4.98. The Morgan fingerprint density at radius 2 is 1.94 bits per heavy atom. The Labute approximate surface area is 114 Å². The van der Waals surface area contributed by atoms with E-state index in [4.69, 9.17) is 0 Å². The Morgan fingerprint density at radius 3 is 2.61 bits per heavy atom. The van der Waals surface area contributed by atoms with Crippen LogP contribution >= 0.6 is 11.3 Å². The lowest BCUT2D eigenvalue weighted by atomic mass is 10.1. The third-order valence-electron chi connectivity index (χ3n) is 3.42. The van der Waals surface area contributed by atoms with Crippen LogP contribution in [-0.2, 0) is 6.42 Å². The molecule has 0 saturated carbocycles. The van der Waals surface area contributed by atoms with Gasteiger partial charge in [-0.3, -0.25) is 9.88 Å². The van der Waals surface area contributed by atoms with Gasteiger partial charge in [0, 0.05) is 41.1 Å². The van der Waals surface area contributed by atoms with E-state index < -0.39 is 0 Å². The summed E-state index contributed by atoms with van der Waals surface area (Å²) < 4.78 is 1.35. The van der Waals surface area contributed by atoms with Gasteiger partial charge in [0.1, 0.15) is 0 Å². The van der Waals surface area contributed by atoms with Crippen molar-refractivity contribution in [3.63, 3.8) is 0 Å². The third-order valence-corrected chi connectivity index (χ3v) is 4.43. The Bertz CT molecular complexity index is 494. The molecule has 0 radical (unpaired) electrons. The third kappa shape index (κ3) is 2.90. The lowest BCUT2D eigenvalue weighted by Gasteiger charge is -2.30. The van der Waals surface area contributed by atoms with Crippen LogP contribution in [0.3, 0.4) is 0 Å². The van der Waals surface area contributed by atoms with Crippen molar-refractivity contribution in [3.05, 3.63) is 29.4 Å². The molecule has 0 amide bonds. The minimum absolute atomic E-state index is 0.605. The molecule has 0 aliphatic heterocycles. The van der Waals surface area contributed by atoms with Crippen LogP contribution in [-0.4, -0.2) is 28.5 Å². The minimum atomic E-state index is 0.605. The van der Waals surface area contributed by atoms with Crippen LogP contribution in [0.1, 0.15) is 33.3 Å². The predicted octanol–water partition coefficient (Wildman–Crippen LogP) is 3.96. The molecule has 18 heavy (non-hydrogen) atoms. The van der Waals surface area contributed by atoms with Crippen molar-refractivity contribution in [1.29, 1.82) is 0 Å². The largest absolute Gasteiger partial charge is 0.298 e. The highest BCUT2D eigenvalue weighted by atomic mass is 32.1. The maximum atomic E-state index is 4.24. The van der Waals surface area contributed by atoms with Gasteiger partial charge in [-0.25, -0.2) is 0 Å². The Morgan fingerprint density at radius 1 is 1.22 bits per heavy atom. The van der Waals surface area contributed by atoms with Crippen molar-refractivity contribution in [2.45, 2.75) is 46.2 Å². The highest BCUT2D eigenvalue weighted by Crippen LogP contribution is 2.25. The second-order valence-electron chi connectivity index (χ2n) is 5.31. The summed E-state index contributed by atoms with van der Waals surface area (Å²) in [5.74, 6) is 0. The van der Waals surface area contributed by atoms with Gasteiger partial charge < -0.3 is 0 Å². The summed E-state index contributed by atoms with van der Waals surface area (Å²) in [5, 5.41) is 3.61. The molecule has 0 unspecified atom stereocenters. The normalized spacial score (nSPS) is 12.2. The van der Waals surface area contributed by atoms with Gasteiger partial charge >= 0.3 is 0 Å². The van der Waals surface area contributed by atoms with Crippen molar-refractivity contribution in [3.8, 4) is 0 Å². The summed E-state index contributed by atoms with van der Waals surface area (Å²) in [6, 6.07) is 3.31. The molecule has 0 aliphatic rings. The Kier molecular flexibility index (Phi) is 4.36. The molecule has 2 aromatic rings. The van der Waals surface area contributed by atoms with E-state index in [0.29, 0.717) is 12.1 Å². The van der Waals surface area contributed by atoms with Crippen molar-refractivity contribution >= 4 is 21.4 Å². The summed E-state index contributed by atoms with van der Waals surface area (Å²) in [6.45, 7) is 10.2. The number of rotatable bonds is 5. The average Bonchev–Trinajstić information content (AvgIpc) is 2.72. The molecule has 0 fully saturated rings. The van der Waals surface area contributed by atoms with Crippen LogP contribution in [0, 0.1) is 0 Å². The quantitative estimate of drug-likeness (QED) is 0.811. The van der Waals surface area contributed by atoms with E-state index >= 15 is 0 Å². The van der Waals surface area contributed by atoms with Crippen molar-refractivity contribution in [1.82, 2.24) is 9.88 Å². The van der Waals surface area contributed by atoms with E-state index in [1.54, 1.807) is 0 Å². The zero-order chi connectivity index (χ0) is 13.1. The average molecular weight is 262 g/mol. The highest BCUT2D eigenvalue weighted by Gasteiger charge is 2.14. The van der Waals surface area contributed by atoms with Crippen LogP contribution in [0.15, 0.2) is 23.8 Å². The first-order valence-corrected chi connectivity index (χ1v) is 7.53. The number of hydrogen-bond acceptors (Lipinski definition) is 3. The minimum Gasteiger partial charge on any atom is -0.298 e. The first-order chi connectivity index (χ1) is 8.59. The fraction of sp³-hybridized carbons (Fsp3) is 0.533. The van der Waals surface area contributed by atoms with Crippen molar-refractivity contribution in [2.75, 3.05) is 6.54 Å². The van der Waals surface area contributed by atoms with Crippen LogP contribution in [0.25, 0.3) is 10.1 Å². The summed E-state index contributed by atoms with van der Waals surface area (Å²) >= 11 is 1.82. The van der Waals surface area contributed by atoms with E-state index in [9.17, 15) is 0 Å². The first-order valence-electron chi connectivity index (χ1n) is 6.65. The second kappa shape index (κ2) is 5.81. The molecule has 0 aromatic carbocycles. The molecular weight excluding hydrogens is 240 g/mol. The summed E-state index contributed by atoms with van der Waals surface area (Å²) in [7, 11) is 0. The molecule has 0 N–H and O–H groups in total. The molecule has 2 nitrogen and oxygen atoms in total. The van der Waals surface area contributed by atoms with Crippen molar-refractivity contribution < 1.29 is 0 Å². The molecule has 98 valence electrons. The van der Waals surface area contributed by atoms with Gasteiger partial charge in [-0.15, -0.1) is 11.3 Å². The van der Waals surface area contributed by atoms with E-state index in [2.05, 4.69) is 49.0 Å². The number of hydrogen-bond donors (Lipinski definition) is 0. The zero-order valence-electron chi connectivity index (χ0n) is 11.7. The molecular formula is C15H22N2S. The molecule has 3 heteroatoms. The van der Waals surface area contributed by atoms with Gasteiger partial charge in [-0.1, -0.05) is 0 Å². The van der Waals surface area contributed by atoms with Crippen molar-refractivity contribution in [2.24, 2.45) is 0 Å². The van der Waals surface area contributed by atoms with Gasteiger partial charge in [0.05, 0.1) is 0 Å². The van der Waals surface area contributed by atoms with Crippen LogP contribution in [0.5, 0.6) is 0 Å². The number of thiophene rings is 1. The number of nitrogens with zero attached hydrogens (tertiary/aromatic N) is 2. The standard InChI is InChI=1S/C15H22N2S/c1-11(2)17(12(3)4)8-6-13-10-18-15-5-7-16-9-14(13)15/h5,7,9-12H,6,8H2,1-4H3. The lowest BCUT2D eigenvalue weighted by Crippen LogP contribution is -2.38. The molecule has 2 aromatic heterocycles. The van der Waals surface area contributed by atoms with Gasteiger partial charge in [0.25, 0.3) is 0 Å². The van der Waals surface area contributed by atoms with Gasteiger partial charge in [0.2, 0.25) is 0 Å². The molecule has 0 bridgehead atoms. The van der Waals surface area contributed by atoms with E-state index in [-0.39, 0.29) is 0 Å². The van der Waals surface area contributed by atoms with E-state index in [0.717, 1.165) is 13.0 Å². The van der Waals surface area contributed by atoms with Crippen LogP contribution in [0.2, 0.25) is 0 Å². The van der Waals surface area contributed by atoms with E-state index in [1.165, 1.54) is 15.6 Å². The predicted molar refractivity (Wildman–Crippen MR) is 80.3 cm³/mol. The zero-order valence-corrected chi connectivity index (χ0v) is 12.5. The topological polar surface area (TPSA) is 16.1 Å². The lowest BCUT2D eigenvalue weighted by molar-refractivity contribution is 0.177. The molecule has 0 spiro atoms. The maximum Gasteiger partial charge on any atom is 0.0376 e. The highest BCUT2D eigenvalue weighted by molar-refractivity contribution is 7.17. The summed E-state index contributed by atoms with van der Waals surface area (Å²) in [5.41, 5.74) is 1.44. The molecule has 0 aliphatic carbocycles.